The predicted molar refractivity (Wildman–Crippen MR) is 70.4 cm³/mol. The number of benzene rings is 1. The van der Waals surface area contributed by atoms with Crippen LogP contribution in [0.1, 0.15) is 24.5 Å². The molecule has 0 radical (unpaired) electrons. The lowest BCUT2D eigenvalue weighted by Crippen LogP contribution is -2.42. The van der Waals surface area contributed by atoms with Gasteiger partial charge in [0.1, 0.15) is 11.9 Å². The Bertz CT molecular complexity index is 444. The Kier molecular flexibility index (Phi) is 4.74. The third-order valence-corrected chi connectivity index (χ3v) is 3.51. The van der Waals surface area contributed by atoms with Gasteiger partial charge in [-0.3, -0.25) is 4.79 Å². The van der Waals surface area contributed by atoms with Gasteiger partial charge in [0.05, 0.1) is 6.04 Å². The van der Waals surface area contributed by atoms with Crippen molar-refractivity contribution >= 4 is 17.5 Å². The van der Waals surface area contributed by atoms with E-state index < -0.39 is 11.9 Å². The fourth-order valence-corrected chi connectivity index (χ4v) is 2.45. The number of carbonyl (C=O) groups excluding carboxylic acids is 1. The quantitative estimate of drug-likeness (QED) is 0.784. The Morgan fingerprint density at radius 1 is 1.63 bits per heavy atom. The van der Waals surface area contributed by atoms with E-state index in [1.54, 1.807) is 0 Å². The molecule has 4 nitrogen and oxygen atoms in total. The fourth-order valence-electron chi connectivity index (χ4n) is 2.16. The molecule has 1 aromatic rings. The van der Waals surface area contributed by atoms with Gasteiger partial charge in [0.25, 0.3) is 0 Å². The van der Waals surface area contributed by atoms with Crippen LogP contribution >= 0.6 is 11.6 Å². The highest BCUT2D eigenvalue weighted by molar-refractivity contribution is 6.31. The van der Waals surface area contributed by atoms with Crippen molar-refractivity contribution in [2.45, 2.75) is 25.0 Å². The lowest BCUT2D eigenvalue weighted by molar-refractivity contribution is -0.123. The molecular formula is C13H16ClFN2O2. The number of amides is 1. The Morgan fingerprint density at radius 3 is 3.05 bits per heavy atom. The Morgan fingerprint density at radius 2 is 2.42 bits per heavy atom. The van der Waals surface area contributed by atoms with Crippen LogP contribution in [0.25, 0.3) is 0 Å². The number of rotatable bonds is 4. The van der Waals surface area contributed by atoms with E-state index in [0.29, 0.717) is 0 Å². The molecular weight excluding hydrogens is 271 g/mol. The molecule has 2 unspecified atom stereocenters. The normalized spacial score (nSPS) is 20.3. The van der Waals surface area contributed by atoms with E-state index in [0.717, 1.165) is 19.4 Å². The monoisotopic (exact) mass is 286 g/mol. The predicted octanol–water partition coefficient (Wildman–Crippen LogP) is 1.38. The highest BCUT2D eigenvalue weighted by Gasteiger charge is 2.23. The molecule has 0 saturated carbocycles. The average molecular weight is 287 g/mol. The molecule has 0 spiro atoms. The van der Waals surface area contributed by atoms with E-state index in [-0.39, 0.29) is 29.1 Å². The van der Waals surface area contributed by atoms with E-state index >= 15 is 0 Å². The standard InChI is InChI=1S/C13H16ClFN2O2/c14-8-3-1-4-9(15)12(8)11(18)7-17-13(19)10-5-2-6-16-10/h1,3-4,10-11,16,18H,2,5-7H2,(H,17,19). The van der Waals surface area contributed by atoms with Crippen molar-refractivity contribution in [3.63, 3.8) is 0 Å². The number of carbonyl (C=O) groups is 1. The van der Waals surface area contributed by atoms with Crippen LogP contribution in [0.2, 0.25) is 5.02 Å². The maximum absolute atomic E-state index is 13.6. The smallest absolute Gasteiger partial charge is 0.237 e. The molecule has 0 aromatic heterocycles. The van der Waals surface area contributed by atoms with Crippen LogP contribution in [0.5, 0.6) is 0 Å². The van der Waals surface area contributed by atoms with Gasteiger partial charge in [-0.1, -0.05) is 17.7 Å². The van der Waals surface area contributed by atoms with E-state index in [1.807, 2.05) is 0 Å². The van der Waals surface area contributed by atoms with Crippen LogP contribution in [-0.2, 0) is 4.79 Å². The second kappa shape index (κ2) is 6.32. The summed E-state index contributed by atoms with van der Waals surface area (Å²) in [5, 5.41) is 15.7. The maximum Gasteiger partial charge on any atom is 0.237 e. The first-order valence-corrected chi connectivity index (χ1v) is 6.60. The maximum atomic E-state index is 13.6. The summed E-state index contributed by atoms with van der Waals surface area (Å²) in [4.78, 5) is 11.7. The van der Waals surface area contributed by atoms with E-state index in [9.17, 15) is 14.3 Å². The second-order valence-electron chi connectivity index (χ2n) is 4.55. The molecule has 3 N–H and O–H groups in total. The largest absolute Gasteiger partial charge is 0.386 e. The number of aliphatic hydroxyl groups is 1. The van der Waals surface area contributed by atoms with Crippen molar-refractivity contribution in [2.75, 3.05) is 13.1 Å². The topological polar surface area (TPSA) is 61.4 Å². The highest BCUT2D eigenvalue weighted by atomic mass is 35.5. The van der Waals surface area contributed by atoms with E-state index in [4.69, 9.17) is 11.6 Å². The summed E-state index contributed by atoms with van der Waals surface area (Å²) < 4.78 is 13.6. The molecule has 0 aliphatic carbocycles. The van der Waals surface area contributed by atoms with Gasteiger partial charge < -0.3 is 15.7 Å². The van der Waals surface area contributed by atoms with Crippen molar-refractivity contribution in [3.8, 4) is 0 Å². The van der Waals surface area contributed by atoms with Crippen molar-refractivity contribution in [1.29, 1.82) is 0 Å². The Hall–Kier alpha value is -1.17. The zero-order chi connectivity index (χ0) is 13.8. The molecule has 2 atom stereocenters. The van der Waals surface area contributed by atoms with Crippen molar-refractivity contribution < 1.29 is 14.3 Å². The third-order valence-electron chi connectivity index (χ3n) is 3.18. The summed E-state index contributed by atoms with van der Waals surface area (Å²) in [7, 11) is 0. The molecule has 1 aliphatic rings. The van der Waals surface area contributed by atoms with Gasteiger partial charge in [0.15, 0.2) is 0 Å². The molecule has 1 heterocycles. The Balaban J connectivity index is 1.93. The summed E-state index contributed by atoms with van der Waals surface area (Å²) >= 11 is 5.84. The summed E-state index contributed by atoms with van der Waals surface area (Å²) in [6, 6.07) is 3.98. The number of nitrogens with one attached hydrogen (secondary N) is 2. The fraction of sp³-hybridized carbons (Fsp3) is 0.462. The minimum atomic E-state index is -1.15. The summed E-state index contributed by atoms with van der Waals surface area (Å²) in [5.41, 5.74) is 0.0175. The van der Waals surface area contributed by atoms with Gasteiger partial charge in [0, 0.05) is 17.1 Å². The van der Waals surface area contributed by atoms with Crippen molar-refractivity contribution in [1.82, 2.24) is 10.6 Å². The van der Waals surface area contributed by atoms with Crippen molar-refractivity contribution in [3.05, 3.63) is 34.6 Å². The number of hydrogen-bond acceptors (Lipinski definition) is 3. The summed E-state index contributed by atoms with van der Waals surface area (Å²) in [6.45, 7) is 0.761. The molecule has 6 heteroatoms. The first-order valence-electron chi connectivity index (χ1n) is 6.22. The minimum absolute atomic E-state index is 0.0175. The van der Waals surface area contributed by atoms with E-state index in [1.165, 1.54) is 18.2 Å². The molecule has 1 aliphatic heterocycles. The van der Waals surface area contributed by atoms with Gasteiger partial charge >= 0.3 is 0 Å². The van der Waals surface area contributed by atoms with Crippen LogP contribution in [0.4, 0.5) is 4.39 Å². The first kappa shape index (κ1) is 14.2. The molecule has 1 saturated heterocycles. The lowest BCUT2D eigenvalue weighted by atomic mass is 10.1. The Labute approximate surface area is 116 Å². The van der Waals surface area contributed by atoms with Gasteiger partial charge in [-0.2, -0.15) is 0 Å². The molecule has 0 bridgehead atoms. The third kappa shape index (κ3) is 3.43. The van der Waals surface area contributed by atoms with Crippen LogP contribution in [-0.4, -0.2) is 30.1 Å². The summed E-state index contributed by atoms with van der Waals surface area (Å²) in [5.74, 6) is -0.753. The molecule has 1 amide bonds. The lowest BCUT2D eigenvalue weighted by Gasteiger charge is -2.16. The zero-order valence-electron chi connectivity index (χ0n) is 10.3. The van der Waals surface area contributed by atoms with Crippen molar-refractivity contribution in [2.24, 2.45) is 0 Å². The number of hydrogen-bond donors (Lipinski definition) is 3. The van der Waals surface area contributed by atoms with E-state index in [2.05, 4.69) is 10.6 Å². The molecule has 104 valence electrons. The van der Waals surface area contributed by atoms with Gasteiger partial charge in [-0.05, 0) is 31.5 Å². The molecule has 19 heavy (non-hydrogen) atoms. The number of halogens is 2. The van der Waals surface area contributed by atoms with Crippen LogP contribution in [0, 0.1) is 5.82 Å². The zero-order valence-corrected chi connectivity index (χ0v) is 11.1. The van der Waals surface area contributed by atoms with Crippen LogP contribution < -0.4 is 10.6 Å². The van der Waals surface area contributed by atoms with Gasteiger partial charge in [-0.15, -0.1) is 0 Å². The summed E-state index contributed by atoms with van der Waals surface area (Å²) in [6.07, 6.45) is 0.585. The second-order valence-corrected chi connectivity index (χ2v) is 4.95. The average Bonchev–Trinajstić information content (AvgIpc) is 2.89. The molecule has 2 rings (SSSR count). The van der Waals surface area contributed by atoms with Crippen LogP contribution in [0.3, 0.4) is 0 Å². The van der Waals surface area contributed by atoms with Crippen LogP contribution in [0.15, 0.2) is 18.2 Å². The van der Waals surface area contributed by atoms with Gasteiger partial charge in [0.2, 0.25) is 5.91 Å². The minimum Gasteiger partial charge on any atom is -0.386 e. The highest BCUT2D eigenvalue weighted by Crippen LogP contribution is 2.25. The van der Waals surface area contributed by atoms with Gasteiger partial charge in [-0.25, -0.2) is 4.39 Å². The first-order chi connectivity index (χ1) is 9.09. The number of aliphatic hydroxyl groups excluding tert-OH is 1. The molecule has 1 fully saturated rings. The molecule has 1 aromatic carbocycles. The SMILES string of the molecule is O=C(NCC(O)c1c(F)cccc1Cl)C1CCCN1.